The Bertz CT molecular complexity index is 712. The Morgan fingerprint density at radius 2 is 2.16 bits per heavy atom. The predicted molar refractivity (Wildman–Crippen MR) is 92.4 cm³/mol. The summed E-state index contributed by atoms with van der Waals surface area (Å²) in [6.45, 7) is 11.6. The first-order valence-electron chi connectivity index (χ1n) is 8.62. The van der Waals surface area contributed by atoms with E-state index in [1.165, 1.54) is 0 Å². The molecule has 5 nitrogen and oxygen atoms in total. The maximum atomic E-state index is 12.0. The van der Waals surface area contributed by atoms with Crippen molar-refractivity contribution in [3.05, 3.63) is 47.1 Å². The van der Waals surface area contributed by atoms with Crippen LogP contribution in [-0.4, -0.2) is 35.9 Å². The molecule has 1 N–H and O–H groups in total. The number of fused-ring (bicyclic) bond motifs is 3. The number of allylic oxidation sites excluding steroid dienone is 1. The van der Waals surface area contributed by atoms with Crippen molar-refractivity contribution in [3.63, 3.8) is 0 Å². The van der Waals surface area contributed by atoms with E-state index >= 15 is 0 Å². The van der Waals surface area contributed by atoms with Crippen LogP contribution in [0.4, 0.5) is 0 Å². The summed E-state index contributed by atoms with van der Waals surface area (Å²) in [4.78, 5) is 23.9. The number of esters is 2. The molecule has 0 aromatic carbocycles. The maximum Gasteiger partial charge on any atom is 0.334 e. The van der Waals surface area contributed by atoms with Crippen molar-refractivity contribution in [2.24, 2.45) is 11.8 Å². The highest BCUT2D eigenvalue weighted by Crippen LogP contribution is 2.50. The van der Waals surface area contributed by atoms with Gasteiger partial charge in [0.15, 0.2) is 0 Å². The first kappa shape index (κ1) is 17.7. The van der Waals surface area contributed by atoms with Gasteiger partial charge in [-0.3, -0.25) is 0 Å². The second-order valence-corrected chi connectivity index (χ2v) is 6.99. The highest BCUT2D eigenvalue weighted by Gasteiger charge is 2.50. The van der Waals surface area contributed by atoms with E-state index in [2.05, 4.69) is 13.2 Å². The Morgan fingerprint density at radius 3 is 2.84 bits per heavy atom. The molecule has 5 heteroatoms. The maximum absolute atomic E-state index is 12.0. The van der Waals surface area contributed by atoms with Gasteiger partial charge in [0.05, 0.1) is 6.10 Å². The highest BCUT2D eigenvalue weighted by molar-refractivity contribution is 5.91. The van der Waals surface area contributed by atoms with E-state index in [1.54, 1.807) is 19.9 Å². The monoisotopic (exact) mass is 344 g/mol. The zero-order chi connectivity index (χ0) is 18.3. The first-order valence-corrected chi connectivity index (χ1v) is 8.62. The molecule has 134 valence electrons. The van der Waals surface area contributed by atoms with Gasteiger partial charge in [-0.25, -0.2) is 9.59 Å². The molecule has 1 heterocycles. The molecule has 4 atom stereocenters. The average Bonchev–Trinajstić information content (AvgIpc) is 2.97. The number of aliphatic hydroxyl groups excluding tert-OH is 1. The molecular weight excluding hydrogens is 320 g/mol. The number of carbonyl (C=O) groups is 2. The number of hydrogen-bond acceptors (Lipinski definition) is 5. The van der Waals surface area contributed by atoms with Gasteiger partial charge in [-0.2, -0.15) is 0 Å². The van der Waals surface area contributed by atoms with Gasteiger partial charge in [-0.1, -0.05) is 24.8 Å². The molecule has 1 saturated carbocycles. The van der Waals surface area contributed by atoms with Crippen molar-refractivity contribution >= 4 is 11.9 Å². The molecule has 1 aliphatic heterocycles. The van der Waals surface area contributed by atoms with Gasteiger partial charge in [0, 0.05) is 23.0 Å². The third-order valence-corrected chi connectivity index (χ3v) is 5.64. The van der Waals surface area contributed by atoms with E-state index < -0.39 is 6.10 Å². The zero-order valence-electron chi connectivity index (χ0n) is 14.7. The molecule has 3 aliphatic rings. The van der Waals surface area contributed by atoms with Crippen LogP contribution in [0.15, 0.2) is 47.1 Å². The SMILES string of the molecule is C=C1C(=O)OC2C1CCC(COC(=O)C(C)=CC)=C1CC(O)C(=C)C12. The molecule has 0 bridgehead atoms. The highest BCUT2D eigenvalue weighted by atomic mass is 16.6. The summed E-state index contributed by atoms with van der Waals surface area (Å²) in [5, 5.41) is 10.3. The lowest BCUT2D eigenvalue weighted by Gasteiger charge is -2.23. The van der Waals surface area contributed by atoms with Crippen molar-refractivity contribution in [2.45, 2.75) is 45.3 Å². The van der Waals surface area contributed by atoms with E-state index in [4.69, 9.17) is 9.47 Å². The van der Waals surface area contributed by atoms with Crippen LogP contribution >= 0.6 is 0 Å². The summed E-state index contributed by atoms with van der Waals surface area (Å²) < 4.78 is 11.0. The first-order chi connectivity index (χ1) is 11.8. The molecule has 0 aromatic heterocycles. The smallest absolute Gasteiger partial charge is 0.334 e. The molecular formula is C20H24O5. The van der Waals surface area contributed by atoms with E-state index in [-0.39, 0.29) is 36.5 Å². The molecule has 0 aromatic rings. The van der Waals surface area contributed by atoms with Crippen LogP contribution in [0, 0.1) is 11.8 Å². The molecule has 2 aliphatic carbocycles. The fraction of sp³-hybridized carbons (Fsp3) is 0.500. The van der Waals surface area contributed by atoms with Gasteiger partial charge in [0.1, 0.15) is 12.7 Å². The van der Waals surface area contributed by atoms with Crippen molar-refractivity contribution in [2.75, 3.05) is 6.61 Å². The van der Waals surface area contributed by atoms with Crippen LogP contribution in [0.3, 0.4) is 0 Å². The third kappa shape index (κ3) is 2.97. The van der Waals surface area contributed by atoms with E-state index in [1.807, 2.05) is 0 Å². The Hall–Kier alpha value is -2.14. The lowest BCUT2D eigenvalue weighted by Crippen LogP contribution is -2.27. The number of rotatable bonds is 3. The lowest BCUT2D eigenvalue weighted by atomic mass is 9.84. The Labute approximate surface area is 147 Å². The van der Waals surface area contributed by atoms with Crippen LogP contribution in [0.25, 0.3) is 0 Å². The van der Waals surface area contributed by atoms with Crippen molar-refractivity contribution < 1.29 is 24.2 Å². The van der Waals surface area contributed by atoms with Crippen LogP contribution in [0.1, 0.15) is 33.1 Å². The molecule has 25 heavy (non-hydrogen) atoms. The quantitative estimate of drug-likeness (QED) is 0.484. The summed E-state index contributed by atoms with van der Waals surface area (Å²) in [6, 6.07) is 0. The minimum atomic E-state index is -0.658. The number of hydrogen-bond donors (Lipinski definition) is 1. The molecule has 4 unspecified atom stereocenters. The molecule has 0 radical (unpaired) electrons. The van der Waals surface area contributed by atoms with Crippen molar-refractivity contribution in [1.82, 2.24) is 0 Å². The standard InChI is InChI=1S/C20H24O5/c1-5-10(2)19(22)24-9-13-6-7-14-11(3)20(23)25-18(14)17-12(4)16(21)8-15(13)17/h5,14,16-18,21H,3-4,6-9H2,1-2H3. The van der Waals surface area contributed by atoms with E-state index in [9.17, 15) is 14.7 Å². The Morgan fingerprint density at radius 1 is 1.44 bits per heavy atom. The number of ether oxygens (including phenoxy) is 2. The average molecular weight is 344 g/mol. The van der Waals surface area contributed by atoms with Gasteiger partial charge in [-0.05, 0) is 44.3 Å². The second kappa shape index (κ2) is 6.64. The minimum Gasteiger partial charge on any atom is -0.458 e. The molecule has 3 rings (SSSR count). The van der Waals surface area contributed by atoms with E-state index in [0.29, 0.717) is 36.0 Å². The van der Waals surface area contributed by atoms with Gasteiger partial charge in [0.25, 0.3) is 0 Å². The zero-order valence-corrected chi connectivity index (χ0v) is 14.7. The van der Waals surface area contributed by atoms with Crippen molar-refractivity contribution in [1.29, 1.82) is 0 Å². The van der Waals surface area contributed by atoms with Crippen LogP contribution in [-0.2, 0) is 19.1 Å². The number of aliphatic hydroxyl groups is 1. The molecule has 0 amide bonds. The fourth-order valence-corrected chi connectivity index (χ4v) is 3.98. The van der Waals surface area contributed by atoms with E-state index in [0.717, 1.165) is 11.1 Å². The van der Waals surface area contributed by atoms with Crippen LogP contribution in [0.2, 0.25) is 0 Å². The molecule has 1 saturated heterocycles. The topological polar surface area (TPSA) is 72.8 Å². The normalized spacial score (nSPS) is 32.3. The summed E-state index contributed by atoms with van der Waals surface area (Å²) in [7, 11) is 0. The predicted octanol–water partition coefficient (Wildman–Crippen LogP) is 2.62. The summed E-state index contributed by atoms with van der Waals surface area (Å²) in [5.41, 5.74) is 3.71. The summed E-state index contributed by atoms with van der Waals surface area (Å²) in [6.07, 6.45) is 2.55. The van der Waals surface area contributed by atoms with Gasteiger partial charge >= 0.3 is 11.9 Å². The fourth-order valence-electron chi connectivity index (χ4n) is 3.98. The molecule has 2 fully saturated rings. The summed E-state index contributed by atoms with van der Waals surface area (Å²) in [5.74, 6) is -1.01. The van der Waals surface area contributed by atoms with Crippen LogP contribution < -0.4 is 0 Å². The van der Waals surface area contributed by atoms with Crippen molar-refractivity contribution in [3.8, 4) is 0 Å². The molecule has 0 spiro atoms. The number of carbonyl (C=O) groups excluding carboxylic acids is 2. The lowest BCUT2D eigenvalue weighted by molar-refractivity contribution is -0.140. The van der Waals surface area contributed by atoms with Gasteiger partial charge in [-0.15, -0.1) is 0 Å². The van der Waals surface area contributed by atoms with Gasteiger partial charge < -0.3 is 14.6 Å². The van der Waals surface area contributed by atoms with Crippen LogP contribution in [0.5, 0.6) is 0 Å². The van der Waals surface area contributed by atoms with Gasteiger partial charge in [0.2, 0.25) is 0 Å². The second-order valence-electron chi connectivity index (χ2n) is 6.99. The Balaban J connectivity index is 1.89. The third-order valence-electron chi connectivity index (χ3n) is 5.64. The minimum absolute atomic E-state index is 0.0833. The summed E-state index contributed by atoms with van der Waals surface area (Å²) >= 11 is 0. The Kier molecular flexibility index (Phi) is 4.69. The largest absolute Gasteiger partial charge is 0.458 e.